The van der Waals surface area contributed by atoms with Crippen LogP contribution in [0.2, 0.25) is 0 Å². The van der Waals surface area contributed by atoms with E-state index in [4.69, 9.17) is 0 Å². The number of carbonyl (C=O) groups is 1. The average molecular weight is 232 g/mol. The molecule has 4 heteroatoms. The third-order valence-electron chi connectivity index (χ3n) is 2.38. The Bertz CT molecular complexity index is 519. The Labute approximate surface area is 98.5 Å². The number of carbonyl (C=O) groups excluding carboxylic acids is 1. The Morgan fingerprint density at radius 1 is 1.38 bits per heavy atom. The number of nitrogens with zero attached hydrogens (tertiary/aromatic N) is 2. The van der Waals surface area contributed by atoms with Crippen LogP contribution in [0, 0.1) is 0 Å². The van der Waals surface area contributed by atoms with E-state index in [-0.39, 0.29) is 5.78 Å². The summed E-state index contributed by atoms with van der Waals surface area (Å²) in [7, 11) is 1.82. The van der Waals surface area contributed by atoms with E-state index in [0.717, 1.165) is 4.90 Å². The molecule has 1 aromatic carbocycles. The first kappa shape index (κ1) is 11.0. The first-order valence-electron chi connectivity index (χ1n) is 4.89. The summed E-state index contributed by atoms with van der Waals surface area (Å²) in [5, 5.41) is 0. The van der Waals surface area contributed by atoms with E-state index in [9.17, 15) is 4.79 Å². The fourth-order valence-corrected chi connectivity index (χ4v) is 2.13. The van der Waals surface area contributed by atoms with Crippen LogP contribution in [0.4, 0.5) is 0 Å². The quantitative estimate of drug-likeness (QED) is 0.602. The number of aromatic nitrogens is 2. The van der Waals surface area contributed by atoms with Gasteiger partial charge in [-0.3, -0.25) is 4.79 Å². The van der Waals surface area contributed by atoms with Gasteiger partial charge in [-0.2, -0.15) is 0 Å². The molecule has 0 saturated carbocycles. The molecule has 0 amide bonds. The van der Waals surface area contributed by atoms with Crippen molar-refractivity contribution < 1.29 is 4.79 Å². The van der Waals surface area contributed by atoms with Crippen LogP contribution in [-0.4, -0.2) is 21.6 Å². The zero-order valence-corrected chi connectivity index (χ0v) is 9.99. The maximum absolute atomic E-state index is 12.2. The molecule has 0 aliphatic heterocycles. The van der Waals surface area contributed by atoms with Crippen molar-refractivity contribution in [1.82, 2.24) is 9.55 Å². The highest BCUT2D eigenvalue weighted by Gasteiger charge is 2.16. The second-order valence-corrected chi connectivity index (χ2v) is 4.24. The van der Waals surface area contributed by atoms with Crippen LogP contribution in [0.3, 0.4) is 0 Å². The zero-order valence-electron chi connectivity index (χ0n) is 9.18. The van der Waals surface area contributed by atoms with E-state index in [1.165, 1.54) is 0 Å². The van der Waals surface area contributed by atoms with Crippen molar-refractivity contribution in [2.45, 2.75) is 4.90 Å². The van der Waals surface area contributed by atoms with Crippen LogP contribution < -0.4 is 0 Å². The predicted octanol–water partition coefficient (Wildman–Crippen LogP) is 2.37. The van der Waals surface area contributed by atoms with Crippen LogP contribution >= 0.6 is 11.8 Å². The van der Waals surface area contributed by atoms with Gasteiger partial charge in [0.1, 0.15) is 0 Å². The maximum Gasteiger partial charge on any atom is 0.229 e. The minimum atomic E-state index is -0.0301. The van der Waals surface area contributed by atoms with Gasteiger partial charge >= 0.3 is 0 Å². The van der Waals surface area contributed by atoms with Gasteiger partial charge in [-0.25, -0.2) is 4.98 Å². The van der Waals surface area contributed by atoms with Gasteiger partial charge in [0.15, 0.2) is 5.82 Å². The lowest BCUT2D eigenvalue weighted by atomic mass is 10.1. The van der Waals surface area contributed by atoms with Crippen molar-refractivity contribution >= 4 is 17.5 Å². The number of ketones is 1. The predicted molar refractivity (Wildman–Crippen MR) is 64.9 cm³/mol. The Morgan fingerprint density at radius 3 is 2.75 bits per heavy atom. The van der Waals surface area contributed by atoms with Crippen molar-refractivity contribution in [1.29, 1.82) is 0 Å². The van der Waals surface area contributed by atoms with Gasteiger partial charge in [-0.15, -0.1) is 11.8 Å². The third-order valence-corrected chi connectivity index (χ3v) is 3.17. The molecule has 0 aliphatic rings. The summed E-state index contributed by atoms with van der Waals surface area (Å²) >= 11 is 1.57. The molecule has 0 fully saturated rings. The first-order chi connectivity index (χ1) is 7.74. The van der Waals surface area contributed by atoms with E-state index < -0.39 is 0 Å². The lowest BCUT2D eigenvalue weighted by molar-refractivity contribution is 0.102. The van der Waals surface area contributed by atoms with Gasteiger partial charge in [0.25, 0.3) is 0 Å². The van der Waals surface area contributed by atoms with E-state index in [0.29, 0.717) is 11.4 Å². The molecule has 82 valence electrons. The summed E-state index contributed by atoms with van der Waals surface area (Å²) in [6.07, 6.45) is 5.37. The van der Waals surface area contributed by atoms with Crippen molar-refractivity contribution in [2.24, 2.45) is 7.05 Å². The van der Waals surface area contributed by atoms with Crippen molar-refractivity contribution in [3.05, 3.63) is 48.0 Å². The Hall–Kier alpha value is -1.55. The normalized spacial score (nSPS) is 10.4. The highest BCUT2D eigenvalue weighted by atomic mass is 32.2. The largest absolute Gasteiger partial charge is 0.331 e. The number of rotatable bonds is 3. The minimum absolute atomic E-state index is 0.0301. The molecule has 0 bridgehead atoms. The fourth-order valence-electron chi connectivity index (χ4n) is 1.54. The van der Waals surface area contributed by atoms with Gasteiger partial charge < -0.3 is 4.57 Å². The van der Waals surface area contributed by atoms with Gasteiger partial charge in [0, 0.05) is 29.9 Å². The molecule has 0 aliphatic carbocycles. The lowest BCUT2D eigenvalue weighted by Crippen LogP contribution is -2.09. The van der Waals surface area contributed by atoms with Gasteiger partial charge in [0.2, 0.25) is 5.78 Å². The summed E-state index contributed by atoms with van der Waals surface area (Å²) in [6, 6.07) is 7.58. The van der Waals surface area contributed by atoms with E-state index in [2.05, 4.69) is 4.98 Å². The summed E-state index contributed by atoms with van der Waals surface area (Å²) < 4.78 is 1.74. The molecule has 0 saturated heterocycles. The molecule has 3 nitrogen and oxygen atoms in total. The summed E-state index contributed by atoms with van der Waals surface area (Å²) in [4.78, 5) is 17.3. The molecule has 2 aromatic rings. The number of benzene rings is 1. The zero-order chi connectivity index (χ0) is 11.5. The fraction of sp³-hybridized carbons (Fsp3) is 0.167. The van der Waals surface area contributed by atoms with E-state index in [1.807, 2.05) is 37.6 Å². The minimum Gasteiger partial charge on any atom is -0.331 e. The molecule has 1 heterocycles. The topological polar surface area (TPSA) is 34.9 Å². The average Bonchev–Trinajstić information content (AvgIpc) is 2.74. The lowest BCUT2D eigenvalue weighted by Gasteiger charge is -2.05. The standard InChI is InChI=1S/C12H12N2OS/c1-14-8-7-13-12(14)11(15)9-5-3-4-6-10(9)16-2/h3-8H,1-2H3. The van der Waals surface area contributed by atoms with Crippen molar-refractivity contribution in [3.8, 4) is 0 Å². The molecule has 0 unspecified atom stereocenters. The van der Waals surface area contributed by atoms with Crippen molar-refractivity contribution in [3.63, 3.8) is 0 Å². The molecule has 1 aromatic heterocycles. The van der Waals surface area contributed by atoms with Crippen LogP contribution in [0.15, 0.2) is 41.6 Å². The summed E-state index contributed by atoms with van der Waals surface area (Å²) in [5.41, 5.74) is 0.712. The van der Waals surface area contributed by atoms with Gasteiger partial charge in [-0.1, -0.05) is 12.1 Å². The number of aryl methyl sites for hydroxylation is 1. The number of hydrogen-bond donors (Lipinski definition) is 0. The third kappa shape index (κ3) is 1.88. The van der Waals surface area contributed by atoms with Crippen LogP contribution in [0.25, 0.3) is 0 Å². The number of hydrogen-bond acceptors (Lipinski definition) is 3. The Morgan fingerprint density at radius 2 is 2.12 bits per heavy atom. The second kappa shape index (κ2) is 4.53. The van der Waals surface area contributed by atoms with Crippen LogP contribution in [0.1, 0.15) is 16.2 Å². The molecule has 16 heavy (non-hydrogen) atoms. The summed E-state index contributed by atoms with van der Waals surface area (Å²) in [5.74, 6) is 0.443. The number of imidazole rings is 1. The molecule has 2 rings (SSSR count). The van der Waals surface area contributed by atoms with Crippen LogP contribution in [0.5, 0.6) is 0 Å². The molecular formula is C12H12N2OS. The molecule has 0 N–H and O–H groups in total. The second-order valence-electron chi connectivity index (χ2n) is 3.39. The van der Waals surface area contributed by atoms with Crippen molar-refractivity contribution in [2.75, 3.05) is 6.26 Å². The number of thioether (sulfide) groups is 1. The van der Waals surface area contributed by atoms with Gasteiger partial charge in [-0.05, 0) is 18.4 Å². The van der Waals surface area contributed by atoms with Crippen LogP contribution in [-0.2, 0) is 7.05 Å². The van der Waals surface area contributed by atoms with E-state index in [1.54, 1.807) is 28.7 Å². The highest BCUT2D eigenvalue weighted by Crippen LogP contribution is 2.21. The monoisotopic (exact) mass is 232 g/mol. The van der Waals surface area contributed by atoms with Gasteiger partial charge in [0.05, 0.1) is 0 Å². The highest BCUT2D eigenvalue weighted by molar-refractivity contribution is 7.98. The maximum atomic E-state index is 12.2. The SMILES string of the molecule is CSc1ccccc1C(=O)c1nccn1C. The molecule has 0 atom stereocenters. The molecule has 0 radical (unpaired) electrons. The Kier molecular flexibility index (Phi) is 3.10. The van der Waals surface area contributed by atoms with E-state index >= 15 is 0 Å². The summed E-state index contributed by atoms with van der Waals surface area (Å²) in [6.45, 7) is 0. The molecular weight excluding hydrogens is 220 g/mol. The smallest absolute Gasteiger partial charge is 0.229 e. The molecule has 0 spiro atoms. The first-order valence-corrected chi connectivity index (χ1v) is 6.11. The Balaban J connectivity index is 2.46.